The van der Waals surface area contributed by atoms with E-state index in [0.717, 1.165) is 57.3 Å². The Hall–Kier alpha value is -2.86. The Bertz CT molecular complexity index is 996. The highest BCUT2D eigenvalue weighted by molar-refractivity contribution is 5.83. The van der Waals surface area contributed by atoms with E-state index < -0.39 is 0 Å². The number of nitrogens with zero attached hydrogens (tertiary/aromatic N) is 1. The Balaban J connectivity index is 1.56. The maximum atomic E-state index is 13.1. The van der Waals surface area contributed by atoms with Crippen molar-refractivity contribution in [3.05, 3.63) is 65.7 Å². The number of piperidine rings is 1. The predicted molar refractivity (Wildman–Crippen MR) is 147 cm³/mol. The van der Waals surface area contributed by atoms with Gasteiger partial charge in [0.1, 0.15) is 12.3 Å². The number of phenolic OH excluding ortho intramolecular Hbond substituents is 1. The number of benzene rings is 2. The number of ether oxygens (including phenoxy) is 1. The van der Waals surface area contributed by atoms with Crippen LogP contribution in [0.1, 0.15) is 64.0 Å². The van der Waals surface area contributed by atoms with Gasteiger partial charge < -0.3 is 20.1 Å². The maximum Gasteiger partial charge on any atom is 0.325 e. The smallest absolute Gasteiger partial charge is 0.325 e. The van der Waals surface area contributed by atoms with Crippen molar-refractivity contribution in [2.45, 2.75) is 64.7 Å². The van der Waals surface area contributed by atoms with E-state index in [1.54, 1.807) is 6.07 Å². The quantitative estimate of drug-likeness (QED) is 0.291. The van der Waals surface area contributed by atoms with Crippen LogP contribution in [0.15, 0.2) is 54.6 Å². The van der Waals surface area contributed by atoms with Crippen molar-refractivity contribution in [3.63, 3.8) is 0 Å². The Kier molecular flexibility index (Phi) is 11.0. The van der Waals surface area contributed by atoms with Crippen LogP contribution in [0.25, 0.3) is 0 Å². The number of carbonyl (C=O) groups excluding carboxylic acids is 2. The summed E-state index contributed by atoms with van der Waals surface area (Å²) in [6.07, 6.45) is 5.31. The highest BCUT2D eigenvalue weighted by Crippen LogP contribution is 2.40. The fourth-order valence-corrected chi connectivity index (χ4v) is 5.27. The van der Waals surface area contributed by atoms with Crippen LogP contribution >= 0.6 is 0 Å². The minimum atomic E-state index is -0.376. The molecule has 202 valence electrons. The van der Waals surface area contributed by atoms with E-state index in [0.29, 0.717) is 24.7 Å². The molecule has 1 heterocycles. The molecule has 37 heavy (non-hydrogen) atoms. The Morgan fingerprint density at radius 3 is 2.65 bits per heavy atom. The van der Waals surface area contributed by atoms with Crippen LogP contribution < -0.4 is 5.32 Å². The Morgan fingerprint density at radius 1 is 1.16 bits per heavy atom. The zero-order valence-electron chi connectivity index (χ0n) is 22.7. The lowest BCUT2D eigenvalue weighted by Crippen LogP contribution is -2.48. The monoisotopic (exact) mass is 508 g/mol. The number of aromatic hydroxyl groups is 1. The first-order valence-electron chi connectivity index (χ1n) is 13.8. The van der Waals surface area contributed by atoms with Gasteiger partial charge >= 0.3 is 5.97 Å². The standard InChI is InChI=1S/C31H44N2O4/c1-4-5-9-19-37-29(35)22-32-30(36)26(20-25-11-7-6-8-12-25)15-17-33-18-16-31(3,24(2)23-33)27-13-10-14-28(34)21-27/h6-8,10-14,21,24,26,34H,4-5,9,15-20,22-23H2,1-3H3,(H,32,36). The average Bonchev–Trinajstić information content (AvgIpc) is 2.90. The van der Waals surface area contributed by atoms with Gasteiger partial charge in [-0.25, -0.2) is 0 Å². The third-order valence-electron chi connectivity index (χ3n) is 7.98. The molecule has 0 radical (unpaired) electrons. The third kappa shape index (κ3) is 8.60. The lowest BCUT2D eigenvalue weighted by Gasteiger charge is -2.45. The van der Waals surface area contributed by atoms with Crippen LogP contribution in [0.3, 0.4) is 0 Å². The minimum absolute atomic E-state index is 0.00749. The molecule has 0 spiro atoms. The summed E-state index contributed by atoms with van der Waals surface area (Å²) < 4.78 is 5.25. The highest BCUT2D eigenvalue weighted by Gasteiger charge is 2.38. The zero-order chi connectivity index (χ0) is 26.7. The van der Waals surface area contributed by atoms with Gasteiger partial charge in [0.25, 0.3) is 0 Å². The van der Waals surface area contributed by atoms with Gasteiger partial charge in [0.05, 0.1) is 6.61 Å². The first kappa shape index (κ1) is 28.7. The van der Waals surface area contributed by atoms with Crippen LogP contribution in [0.5, 0.6) is 5.75 Å². The Morgan fingerprint density at radius 2 is 1.95 bits per heavy atom. The number of amides is 1. The fourth-order valence-electron chi connectivity index (χ4n) is 5.27. The van der Waals surface area contributed by atoms with Gasteiger partial charge in [-0.1, -0.05) is 76.1 Å². The van der Waals surface area contributed by atoms with Crippen LogP contribution in [0, 0.1) is 11.8 Å². The fraction of sp³-hybridized carbons (Fsp3) is 0.548. The minimum Gasteiger partial charge on any atom is -0.508 e. The van der Waals surface area contributed by atoms with Crippen molar-refractivity contribution in [2.75, 3.05) is 32.8 Å². The van der Waals surface area contributed by atoms with Gasteiger partial charge in [0, 0.05) is 12.5 Å². The second kappa shape index (κ2) is 14.2. The largest absolute Gasteiger partial charge is 0.508 e. The Labute approximate surface area is 222 Å². The molecule has 1 fully saturated rings. The summed E-state index contributed by atoms with van der Waals surface area (Å²) in [5.74, 6) is 0.0351. The average molecular weight is 509 g/mol. The van der Waals surface area contributed by atoms with Gasteiger partial charge in [0.2, 0.25) is 5.91 Å². The van der Waals surface area contributed by atoms with Gasteiger partial charge in [-0.15, -0.1) is 0 Å². The van der Waals surface area contributed by atoms with Gasteiger partial charge in [-0.3, -0.25) is 9.59 Å². The number of phenols is 1. The van der Waals surface area contributed by atoms with Gasteiger partial charge in [-0.05, 0) is 73.4 Å². The SMILES string of the molecule is CCCCCOC(=O)CNC(=O)C(CCN1CCC(C)(c2cccc(O)c2)C(C)C1)Cc1ccccc1. The molecule has 6 nitrogen and oxygen atoms in total. The molecular formula is C31H44N2O4. The highest BCUT2D eigenvalue weighted by atomic mass is 16.5. The summed E-state index contributed by atoms with van der Waals surface area (Å²) in [5, 5.41) is 12.8. The summed E-state index contributed by atoms with van der Waals surface area (Å²) in [5.41, 5.74) is 2.31. The van der Waals surface area contributed by atoms with Crippen LogP contribution in [-0.4, -0.2) is 54.7 Å². The number of rotatable bonds is 13. The van der Waals surface area contributed by atoms with Crippen molar-refractivity contribution < 1.29 is 19.4 Å². The van der Waals surface area contributed by atoms with E-state index in [1.165, 1.54) is 5.56 Å². The van der Waals surface area contributed by atoms with E-state index >= 15 is 0 Å². The first-order chi connectivity index (χ1) is 17.8. The van der Waals surface area contributed by atoms with E-state index in [9.17, 15) is 14.7 Å². The molecule has 0 bridgehead atoms. The summed E-state index contributed by atoms with van der Waals surface area (Å²) in [4.78, 5) is 27.6. The van der Waals surface area contributed by atoms with Crippen LogP contribution in [0.2, 0.25) is 0 Å². The summed E-state index contributed by atoms with van der Waals surface area (Å²) in [6, 6.07) is 17.7. The van der Waals surface area contributed by atoms with E-state index in [4.69, 9.17) is 4.74 Å². The number of unbranched alkanes of at least 4 members (excludes halogenated alkanes) is 2. The molecule has 3 rings (SSSR count). The molecular weight excluding hydrogens is 464 g/mol. The lowest BCUT2D eigenvalue weighted by molar-refractivity contribution is -0.144. The number of hydrogen-bond acceptors (Lipinski definition) is 5. The molecule has 1 aliphatic rings. The second-order valence-electron chi connectivity index (χ2n) is 10.7. The first-order valence-corrected chi connectivity index (χ1v) is 13.8. The lowest BCUT2D eigenvalue weighted by atomic mass is 9.68. The summed E-state index contributed by atoms with van der Waals surface area (Å²) in [6.45, 7) is 9.70. The molecule has 2 aromatic rings. The van der Waals surface area contributed by atoms with E-state index in [-0.39, 0.29) is 29.8 Å². The molecule has 2 N–H and O–H groups in total. The molecule has 1 amide bonds. The van der Waals surface area contributed by atoms with Crippen molar-refractivity contribution in [1.82, 2.24) is 10.2 Å². The van der Waals surface area contributed by atoms with E-state index in [1.807, 2.05) is 42.5 Å². The van der Waals surface area contributed by atoms with Crippen molar-refractivity contribution >= 4 is 11.9 Å². The molecule has 6 heteroatoms. The molecule has 0 aromatic heterocycles. The molecule has 2 aromatic carbocycles. The number of nitrogens with one attached hydrogen (secondary N) is 1. The maximum absolute atomic E-state index is 13.1. The number of hydrogen-bond donors (Lipinski definition) is 2. The summed E-state index contributed by atoms with van der Waals surface area (Å²) in [7, 11) is 0. The number of esters is 1. The molecule has 1 saturated heterocycles. The topological polar surface area (TPSA) is 78.9 Å². The number of carbonyl (C=O) groups is 2. The zero-order valence-corrected chi connectivity index (χ0v) is 22.7. The van der Waals surface area contributed by atoms with Crippen LogP contribution in [-0.2, 0) is 26.2 Å². The summed E-state index contributed by atoms with van der Waals surface area (Å²) >= 11 is 0. The van der Waals surface area contributed by atoms with Gasteiger partial charge in [-0.2, -0.15) is 0 Å². The van der Waals surface area contributed by atoms with Crippen LogP contribution in [0.4, 0.5) is 0 Å². The van der Waals surface area contributed by atoms with E-state index in [2.05, 4.69) is 37.1 Å². The molecule has 0 aliphatic carbocycles. The third-order valence-corrected chi connectivity index (χ3v) is 7.98. The van der Waals surface area contributed by atoms with Crippen molar-refractivity contribution in [1.29, 1.82) is 0 Å². The second-order valence-corrected chi connectivity index (χ2v) is 10.7. The molecule has 3 atom stereocenters. The normalized spacial score (nSPS) is 20.8. The predicted octanol–water partition coefficient (Wildman–Crippen LogP) is 5.09. The number of likely N-dealkylation sites (tertiary alicyclic amines) is 1. The van der Waals surface area contributed by atoms with Crippen molar-refractivity contribution in [3.8, 4) is 5.75 Å². The molecule has 1 aliphatic heterocycles. The van der Waals surface area contributed by atoms with Gasteiger partial charge in [0.15, 0.2) is 0 Å². The van der Waals surface area contributed by atoms with Crippen molar-refractivity contribution in [2.24, 2.45) is 11.8 Å². The molecule has 3 unspecified atom stereocenters. The molecule has 0 saturated carbocycles.